The highest BCUT2D eigenvalue weighted by Crippen LogP contribution is 2.14. The molecular formula is C17H20N2O2. The molecule has 0 aliphatic carbocycles. The molecule has 110 valence electrons. The van der Waals surface area contributed by atoms with Crippen molar-refractivity contribution in [2.24, 2.45) is 5.92 Å². The van der Waals surface area contributed by atoms with E-state index >= 15 is 0 Å². The highest BCUT2D eigenvalue weighted by Gasteiger charge is 2.15. The number of rotatable bonds is 4. The standard InChI is InChI=1S/C17H20N2O2/c1-11(2)12(3)18-16(20)14-9-10-15(19-17(14)21)13-7-5-4-6-8-13/h4-12H,1-3H3,(H,18,20)(H,19,21)/t12-/m0/s1. The smallest absolute Gasteiger partial charge is 0.261 e. The number of aromatic nitrogens is 1. The zero-order valence-electron chi connectivity index (χ0n) is 12.5. The zero-order valence-corrected chi connectivity index (χ0v) is 12.5. The van der Waals surface area contributed by atoms with Gasteiger partial charge in [-0.2, -0.15) is 0 Å². The van der Waals surface area contributed by atoms with Crippen molar-refractivity contribution < 1.29 is 4.79 Å². The Hall–Kier alpha value is -2.36. The Morgan fingerprint density at radius 2 is 1.71 bits per heavy atom. The van der Waals surface area contributed by atoms with Crippen LogP contribution in [0.1, 0.15) is 31.1 Å². The summed E-state index contributed by atoms with van der Waals surface area (Å²) in [4.78, 5) is 26.9. The average Bonchev–Trinajstić information content (AvgIpc) is 2.47. The Kier molecular flexibility index (Phi) is 4.58. The van der Waals surface area contributed by atoms with Gasteiger partial charge < -0.3 is 10.3 Å². The second-order valence-electron chi connectivity index (χ2n) is 5.49. The number of amides is 1. The molecule has 1 aromatic carbocycles. The Morgan fingerprint density at radius 1 is 1.05 bits per heavy atom. The Labute approximate surface area is 124 Å². The first-order valence-corrected chi connectivity index (χ1v) is 7.08. The number of nitrogens with one attached hydrogen (secondary N) is 2. The van der Waals surface area contributed by atoms with E-state index in [1.165, 1.54) is 0 Å². The molecule has 1 atom stereocenters. The summed E-state index contributed by atoms with van der Waals surface area (Å²) in [6.07, 6.45) is 0. The molecule has 0 unspecified atom stereocenters. The van der Waals surface area contributed by atoms with Crippen LogP contribution in [0.15, 0.2) is 47.3 Å². The fourth-order valence-corrected chi connectivity index (χ4v) is 1.89. The molecule has 0 aliphatic heterocycles. The number of hydrogen-bond acceptors (Lipinski definition) is 2. The third kappa shape index (κ3) is 3.60. The second-order valence-corrected chi connectivity index (χ2v) is 5.49. The maximum Gasteiger partial charge on any atom is 0.261 e. The van der Waals surface area contributed by atoms with Gasteiger partial charge in [-0.25, -0.2) is 0 Å². The van der Waals surface area contributed by atoms with E-state index in [-0.39, 0.29) is 23.1 Å². The van der Waals surface area contributed by atoms with Crippen molar-refractivity contribution in [2.45, 2.75) is 26.8 Å². The van der Waals surface area contributed by atoms with Crippen molar-refractivity contribution in [1.82, 2.24) is 10.3 Å². The van der Waals surface area contributed by atoms with Crippen LogP contribution in [0.5, 0.6) is 0 Å². The van der Waals surface area contributed by atoms with Gasteiger partial charge in [0.05, 0.1) is 0 Å². The van der Waals surface area contributed by atoms with Gasteiger partial charge in [0.1, 0.15) is 5.56 Å². The van der Waals surface area contributed by atoms with Crippen LogP contribution < -0.4 is 10.9 Å². The topological polar surface area (TPSA) is 62.0 Å². The van der Waals surface area contributed by atoms with Gasteiger partial charge >= 0.3 is 0 Å². The van der Waals surface area contributed by atoms with Gasteiger partial charge in [0.15, 0.2) is 0 Å². The van der Waals surface area contributed by atoms with E-state index < -0.39 is 0 Å². The highest BCUT2D eigenvalue weighted by atomic mass is 16.2. The van der Waals surface area contributed by atoms with Crippen molar-refractivity contribution in [3.63, 3.8) is 0 Å². The van der Waals surface area contributed by atoms with Gasteiger partial charge in [0.25, 0.3) is 11.5 Å². The molecule has 4 heteroatoms. The largest absolute Gasteiger partial charge is 0.349 e. The van der Waals surface area contributed by atoms with Gasteiger partial charge in [0.2, 0.25) is 0 Å². The van der Waals surface area contributed by atoms with Crippen LogP contribution in [0.25, 0.3) is 11.3 Å². The third-order valence-corrected chi connectivity index (χ3v) is 3.60. The second kappa shape index (κ2) is 6.39. The van der Waals surface area contributed by atoms with Crippen molar-refractivity contribution in [1.29, 1.82) is 0 Å². The molecule has 2 rings (SSSR count). The Balaban J connectivity index is 2.24. The predicted octanol–water partition coefficient (Wildman–Crippen LogP) is 2.82. The number of pyridine rings is 1. The van der Waals surface area contributed by atoms with E-state index in [0.29, 0.717) is 11.6 Å². The Morgan fingerprint density at radius 3 is 2.29 bits per heavy atom. The third-order valence-electron chi connectivity index (χ3n) is 3.60. The molecule has 2 N–H and O–H groups in total. The van der Waals surface area contributed by atoms with Crippen LogP contribution in [0.3, 0.4) is 0 Å². The molecule has 1 heterocycles. The van der Waals surface area contributed by atoms with E-state index in [1.807, 2.05) is 51.1 Å². The Bertz CT molecular complexity index is 675. The summed E-state index contributed by atoms with van der Waals surface area (Å²) in [5, 5.41) is 2.84. The summed E-state index contributed by atoms with van der Waals surface area (Å²) in [7, 11) is 0. The highest BCUT2D eigenvalue weighted by molar-refractivity contribution is 5.94. The monoisotopic (exact) mass is 284 g/mol. The first kappa shape index (κ1) is 15.0. The molecule has 1 aromatic heterocycles. The van der Waals surface area contributed by atoms with E-state index in [1.54, 1.807) is 12.1 Å². The fraction of sp³-hybridized carbons (Fsp3) is 0.294. The van der Waals surface area contributed by atoms with Gasteiger partial charge in [-0.3, -0.25) is 9.59 Å². The van der Waals surface area contributed by atoms with Crippen LogP contribution >= 0.6 is 0 Å². The lowest BCUT2D eigenvalue weighted by Crippen LogP contribution is -2.38. The van der Waals surface area contributed by atoms with E-state index in [0.717, 1.165) is 5.56 Å². The molecule has 0 spiro atoms. The van der Waals surface area contributed by atoms with Crippen molar-refractivity contribution in [3.05, 3.63) is 58.4 Å². The SMILES string of the molecule is CC(C)[C@H](C)NC(=O)c1ccc(-c2ccccc2)[nH]c1=O. The van der Waals surface area contributed by atoms with Crippen LogP contribution in [0.4, 0.5) is 0 Å². The first-order valence-electron chi connectivity index (χ1n) is 7.08. The zero-order chi connectivity index (χ0) is 15.4. The van der Waals surface area contributed by atoms with Gasteiger partial charge in [0, 0.05) is 11.7 Å². The minimum atomic E-state index is -0.371. The lowest BCUT2D eigenvalue weighted by Gasteiger charge is -2.17. The summed E-state index contributed by atoms with van der Waals surface area (Å²) in [5.74, 6) is -0.0197. The summed E-state index contributed by atoms with van der Waals surface area (Å²) in [5.41, 5.74) is 1.39. The lowest BCUT2D eigenvalue weighted by molar-refractivity contribution is 0.0929. The van der Waals surface area contributed by atoms with E-state index in [9.17, 15) is 9.59 Å². The summed E-state index contributed by atoms with van der Waals surface area (Å²) in [6, 6.07) is 12.9. The molecule has 2 aromatic rings. The van der Waals surface area contributed by atoms with Gasteiger partial charge in [-0.05, 0) is 30.5 Å². The van der Waals surface area contributed by atoms with Crippen LogP contribution in [-0.2, 0) is 0 Å². The number of carbonyl (C=O) groups is 1. The van der Waals surface area contributed by atoms with E-state index in [2.05, 4.69) is 10.3 Å². The summed E-state index contributed by atoms with van der Waals surface area (Å²) in [6.45, 7) is 5.97. The maximum atomic E-state index is 12.1. The molecule has 21 heavy (non-hydrogen) atoms. The maximum absolute atomic E-state index is 12.1. The number of benzene rings is 1. The molecule has 0 saturated carbocycles. The fourth-order valence-electron chi connectivity index (χ4n) is 1.89. The van der Waals surface area contributed by atoms with Crippen LogP contribution in [0, 0.1) is 5.92 Å². The van der Waals surface area contributed by atoms with E-state index in [4.69, 9.17) is 0 Å². The number of hydrogen-bond donors (Lipinski definition) is 2. The van der Waals surface area contributed by atoms with Gasteiger partial charge in [-0.15, -0.1) is 0 Å². The van der Waals surface area contributed by atoms with Crippen LogP contribution in [-0.4, -0.2) is 16.9 Å². The summed E-state index contributed by atoms with van der Waals surface area (Å²) >= 11 is 0. The molecule has 0 fully saturated rings. The molecule has 1 amide bonds. The minimum Gasteiger partial charge on any atom is -0.349 e. The lowest BCUT2D eigenvalue weighted by atomic mass is 10.1. The quantitative estimate of drug-likeness (QED) is 0.907. The molecule has 0 radical (unpaired) electrons. The first-order chi connectivity index (χ1) is 9.99. The number of aromatic amines is 1. The molecule has 0 aliphatic rings. The van der Waals surface area contributed by atoms with Crippen molar-refractivity contribution >= 4 is 5.91 Å². The molecule has 0 saturated heterocycles. The number of H-pyrrole nitrogens is 1. The molecular weight excluding hydrogens is 264 g/mol. The van der Waals surface area contributed by atoms with Crippen molar-refractivity contribution in [2.75, 3.05) is 0 Å². The molecule has 4 nitrogen and oxygen atoms in total. The van der Waals surface area contributed by atoms with Crippen LogP contribution in [0.2, 0.25) is 0 Å². The molecule has 0 bridgehead atoms. The normalized spacial score (nSPS) is 12.2. The number of carbonyl (C=O) groups excluding carboxylic acids is 1. The van der Waals surface area contributed by atoms with Gasteiger partial charge in [-0.1, -0.05) is 44.2 Å². The van der Waals surface area contributed by atoms with Crippen molar-refractivity contribution in [3.8, 4) is 11.3 Å². The summed E-state index contributed by atoms with van der Waals surface area (Å²) < 4.78 is 0. The average molecular weight is 284 g/mol. The minimum absolute atomic E-state index is 0.0192. The predicted molar refractivity (Wildman–Crippen MR) is 84.3 cm³/mol.